The van der Waals surface area contributed by atoms with E-state index in [-0.39, 0.29) is 12.5 Å². The lowest BCUT2D eigenvalue weighted by atomic mass is 9.94. The number of anilines is 1. The number of benzene rings is 1. The Labute approximate surface area is 127 Å². The molecule has 1 amide bonds. The Kier molecular flexibility index (Phi) is 4.07. The standard InChI is InChI=1S/C15H19N3O2S/c16-15-17-12-4-3-11(8-13(12)21-15)14(20)18-6-1-2-10(9-18)5-7-19/h3-4,8,10,19H,1-2,5-7,9H2,(H2,16,17). The molecule has 0 bridgehead atoms. The van der Waals surface area contributed by atoms with E-state index in [1.165, 1.54) is 11.3 Å². The number of piperidine rings is 1. The van der Waals surface area contributed by atoms with E-state index < -0.39 is 0 Å². The number of carbonyl (C=O) groups is 1. The van der Waals surface area contributed by atoms with Gasteiger partial charge >= 0.3 is 0 Å². The number of amides is 1. The number of nitrogen functional groups attached to an aromatic ring is 1. The van der Waals surface area contributed by atoms with Crippen molar-refractivity contribution >= 4 is 32.6 Å². The maximum Gasteiger partial charge on any atom is 0.253 e. The summed E-state index contributed by atoms with van der Waals surface area (Å²) in [5.41, 5.74) is 7.23. The lowest BCUT2D eigenvalue weighted by Gasteiger charge is -2.32. The molecular weight excluding hydrogens is 286 g/mol. The third kappa shape index (κ3) is 3.01. The highest BCUT2D eigenvalue weighted by molar-refractivity contribution is 7.22. The second kappa shape index (κ2) is 5.99. The van der Waals surface area contributed by atoms with Crippen LogP contribution in [-0.2, 0) is 0 Å². The van der Waals surface area contributed by atoms with Gasteiger partial charge in [-0.2, -0.15) is 0 Å². The molecule has 21 heavy (non-hydrogen) atoms. The summed E-state index contributed by atoms with van der Waals surface area (Å²) in [5, 5.41) is 9.58. The van der Waals surface area contributed by atoms with Gasteiger partial charge in [0.05, 0.1) is 10.2 Å². The van der Waals surface area contributed by atoms with Crippen LogP contribution < -0.4 is 5.73 Å². The van der Waals surface area contributed by atoms with Crippen molar-refractivity contribution in [3.05, 3.63) is 23.8 Å². The zero-order chi connectivity index (χ0) is 14.8. The molecule has 0 saturated carbocycles. The Morgan fingerprint density at radius 2 is 2.38 bits per heavy atom. The van der Waals surface area contributed by atoms with E-state index in [0.29, 0.717) is 16.6 Å². The SMILES string of the molecule is Nc1nc2ccc(C(=O)N3CCCC(CCO)C3)cc2s1. The predicted octanol–water partition coefficient (Wildman–Crippen LogP) is 2.11. The van der Waals surface area contributed by atoms with Crippen LogP contribution in [0.5, 0.6) is 0 Å². The minimum atomic E-state index is 0.0616. The summed E-state index contributed by atoms with van der Waals surface area (Å²) in [5.74, 6) is 0.474. The second-order valence-electron chi connectivity index (χ2n) is 5.51. The first kappa shape index (κ1) is 14.3. The zero-order valence-corrected chi connectivity index (χ0v) is 12.6. The Hall–Kier alpha value is -1.66. The second-order valence-corrected chi connectivity index (χ2v) is 6.57. The van der Waals surface area contributed by atoms with E-state index in [0.717, 1.165) is 42.6 Å². The normalized spacial score (nSPS) is 19.1. The Morgan fingerprint density at radius 1 is 1.52 bits per heavy atom. The van der Waals surface area contributed by atoms with Gasteiger partial charge in [-0.15, -0.1) is 0 Å². The molecule has 3 rings (SSSR count). The van der Waals surface area contributed by atoms with Crippen LogP contribution in [0.2, 0.25) is 0 Å². The highest BCUT2D eigenvalue weighted by atomic mass is 32.1. The van der Waals surface area contributed by atoms with Crippen LogP contribution in [0.3, 0.4) is 0 Å². The fourth-order valence-corrected chi connectivity index (χ4v) is 3.70. The Bertz CT molecular complexity index is 653. The van der Waals surface area contributed by atoms with E-state index in [1.807, 2.05) is 23.1 Å². The van der Waals surface area contributed by atoms with Gasteiger partial charge in [-0.05, 0) is 43.4 Å². The number of nitrogens with zero attached hydrogens (tertiary/aromatic N) is 2. The average molecular weight is 305 g/mol. The number of aromatic nitrogens is 1. The van der Waals surface area contributed by atoms with Crippen LogP contribution in [0, 0.1) is 5.92 Å². The topological polar surface area (TPSA) is 79.5 Å². The van der Waals surface area contributed by atoms with E-state index in [2.05, 4.69) is 4.98 Å². The third-order valence-electron chi connectivity index (χ3n) is 4.00. The molecule has 1 fully saturated rings. The van der Waals surface area contributed by atoms with Crippen molar-refractivity contribution in [2.75, 3.05) is 25.4 Å². The van der Waals surface area contributed by atoms with E-state index in [9.17, 15) is 4.79 Å². The molecule has 6 heteroatoms. The number of carbonyl (C=O) groups excluding carboxylic acids is 1. The Morgan fingerprint density at radius 3 is 3.19 bits per heavy atom. The van der Waals surface area contributed by atoms with Crippen molar-refractivity contribution < 1.29 is 9.90 Å². The summed E-state index contributed by atoms with van der Waals surface area (Å²) in [6, 6.07) is 5.55. The molecule has 0 spiro atoms. The molecule has 1 saturated heterocycles. The molecule has 5 nitrogen and oxygen atoms in total. The Balaban J connectivity index is 1.79. The van der Waals surface area contributed by atoms with Crippen LogP contribution in [0.15, 0.2) is 18.2 Å². The van der Waals surface area contributed by atoms with Crippen molar-refractivity contribution in [1.82, 2.24) is 9.88 Å². The van der Waals surface area contributed by atoms with Crippen LogP contribution >= 0.6 is 11.3 Å². The number of fused-ring (bicyclic) bond motifs is 1. The van der Waals surface area contributed by atoms with Gasteiger partial charge in [0, 0.05) is 25.3 Å². The van der Waals surface area contributed by atoms with E-state index >= 15 is 0 Å². The lowest BCUT2D eigenvalue weighted by molar-refractivity contribution is 0.0654. The molecular formula is C15H19N3O2S. The molecule has 1 aromatic heterocycles. The van der Waals surface area contributed by atoms with Gasteiger partial charge in [-0.25, -0.2) is 4.98 Å². The summed E-state index contributed by atoms with van der Waals surface area (Å²) in [4.78, 5) is 18.7. The van der Waals surface area contributed by atoms with Gasteiger partial charge in [0.25, 0.3) is 5.91 Å². The minimum Gasteiger partial charge on any atom is -0.396 e. The summed E-state index contributed by atoms with van der Waals surface area (Å²) in [7, 11) is 0. The van der Waals surface area contributed by atoms with Crippen LogP contribution in [-0.4, -0.2) is 40.6 Å². The number of aliphatic hydroxyl groups is 1. The number of hydrogen-bond donors (Lipinski definition) is 2. The number of thiazole rings is 1. The summed E-state index contributed by atoms with van der Waals surface area (Å²) in [6.45, 7) is 1.73. The first-order valence-corrected chi connectivity index (χ1v) is 8.05. The fraction of sp³-hybridized carbons (Fsp3) is 0.467. The van der Waals surface area contributed by atoms with E-state index in [1.54, 1.807) is 0 Å². The number of hydrogen-bond acceptors (Lipinski definition) is 5. The highest BCUT2D eigenvalue weighted by Gasteiger charge is 2.24. The number of rotatable bonds is 3. The third-order valence-corrected chi connectivity index (χ3v) is 4.84. The fourth-order valence-electron chi connectivity index (χ4n) is 2.93. The molecule has 2 aromatic rings. The summed E-state index contributed by atoms with van der Waals surface area (Å²) in [6.07, 6.45) is 2.87. The molecule has 1 aliphatic heterocycles. The molecule has 2 heterocycles. The number of nitrogens with two attached hydrogens (primary N) is 1. The van der Waals surface area contributed by atoms with Crippen LogP contribution in [0.1, 0.15) is 29.6 Å². The van der Waals surface area contributed by atoms with Gasteiger partial charge < -0.3 is 15.7 Å². The monoisotopic (exact) mass is 305 g/mol. The lowest BCUT2D eigenvalue weighted by Crippen LogP contribution is -2.40. The molecule has 1 unspecified atom stereocenters. The maximum absolute atomic E-state index is 12.6. The van der Waals surface area contributed by atoms with Gasteiger partial charge in [-0.1, -0.05) is 11.3 Å². The van der Waals surface area contributed by atoms with Crippen molar-refractivity contribution in [3.63, 3.8) is 0 Å². The van der Waals surface area contributed by atoms with Crippen molar-refractivity contribution in [2.45, 2.75) is 19.3 Å². The molecule has 0 radical (unpaired) electrons. The number of likely N-dealkylation sites (tertiary alicyclic amines) is 1. The van der Waals surface area contributed by atoms with Crippen LogP contribution in [0.25, 0.3) is 10.2 Å². The van der Waals surface area contributed by atoms with Gasteiger partial charge in [0.15, 0.2) is 5.13 Å². The van der Waals surface area contributed by atoms with Crippen molar-refractivity contribution in [1.29, 1.82) is 0 Å². The smallest absolute Gasteiger partial charge is 0.253 e. The van der Waals surface area contributed by atoms with Gasteiger partial charge in [-0.3, -0.25) is 4.79 Å². The molecule has 0 aliphatic carbocycles. The van der Waals surface area contributed by atoms with Crippen LogP contribution in [0.4, 0.5) is 5.13 Å². The van der Waals surface area contributed by atoms with Crippen molar-refractivity contribution in [3.8, 4) is 0 Å². The quantitative estimate of drug-likeness (QED) is 0.910. The number of aliphatic hydroxyl groups excluding tert-OH is 1. The highest BCUT2D eigenvalue weighted by Crippen LogP contribution is 2.26. The van der Waals surface area contributed by atoms with E-state index in [4.69, 9.17) is 10.8 Å². The zero-order valence-electron chi connectivity index (χ0n) is 11.8. The molecule has 3 N–H and O–H groups in total. The largest absolute Gasteiger partial charge is 0.396 e. The molecule has 1 aliphatic rings. The first-order chi connectivity index (χ1) is 10.2. The molecule has 112 valence electrons. The maximum atomic E-state index is 12.6. The van der Waals surface area contributed by atoms with Gasteiger partial charge in [0.2, 0.25) is 0 Å². The average Bonchev–Trinajstić information content (AvgIpc) is 2.86. The summed E-state index contributed by atoms with van der Waals surface area (Å²) < 4.78 is 0.947. The molecule has 1 atom stereocenters. The summed E-state index contributed by atoms with van der Waals surface area (Å²) >= 11 is 1.40. The predicted molar refractivity (Wildman–Crippen MR) is 84.4 cm³/mol. The molecule has 1 aromatic carbocycles. The van der Waals surface area contributed by atoms with Crippen molar-refractivity contribution in [2.24, 2.45) is 5.92 Å². The van der Waals surface area contributed by atoms with Gasteiger partial charge in [0.1, 0.15) is 0 Å². The first-order valence-electron chi connectivity index (χ1n) is 7.23. The minimum absolute atomic E-state index is 0.0616.